The van der Waals surface area contributed by atoms with Crippen molar-refractivity contribution >= 4 is 34.8 Å². The lowest BCUT2D eigenvalue weighted by Crippen LogP contribution is -2.31. The zero-order chi connectivity index (χ0) is 17.0. The van der Waals surface area contributed by atoms with E-state index in [4.69, 9.17) is 23.2 Å². The van der Waals surface area contributed by atoms with Gasteiger partial charge in [0.25, 0.3) is 5.56 Å². The maximum atomic E-state index is 12.5. The van der Waals surface area contributed by atoms with Crippen molar-refractivity contribution in [1.29, 1.82) is 0 Å². The van der Waals surface area contributed by atoms with Crippen molar-refractivity contribution in [1.82, 2.24) is 20.2 Å². The summed E-state index contributed by atoms with van der Waals surface area (Å²) in [6.07, 6.45) is 0. The van der Waals surface area contributed by atoms with Crippen LogP contribution in [0.1, 0.15) is 28.3 Å². The van der Waals surface area contributed by atoms with Crippen LogP contribution in [-0.2, 0) is 0 Å². The van der Waals surface area contributed by atoms with E-state index in [1.165, 1.54) is 0 Å². The number of aromatic nitrogens is 4. The number of H-pyrrole nitrogens is 3. The number of hydrogen-bond acceptors (Lipinski definition) is 4. The number of nitrogens with zero attached hydrogens (tertiary/aromatic N) is 1. The van der Waals surface area contributed by atoms with E-state index in [0.717, 1.165) is 11.3 Å². The van der Waals surface area contributed by atoms with Crippen LogP contribution >= 0.6 is 23.2 Å². The molecule has 7 nitrogen and oxygen atoms in total. The van der Waals surface area contributed by atoms with Gasteiger partial charge in [0.2, 0.25) is 0 Å². The largest absolute Gasteiger partial charge is 0.327 e. The Labute approximate surface area is 145 Å². The molecule has 4 rings (SSSR count). The summed E-state index contributed by atoms with van der Waals surface area (Å²) in [4.78, 5) is 29.0. The topological polar surface area (TPSA) is 106 Å². The molecule has 24 heavy (non-hydrogen) atoms. The monoisotopic (exact) mass is 363 g/mol. The smallest absolute Gasteiger partial charge is 0.324 e. The molecule has 122 valence electrons. The number of benzene rings is 1. The van der Waals surface area contributed by atoms with Crippen LogP contribution in [0.5, 0.6) is 0 Å². The Morgan fingerprint density at radius 1 is 1.12 bits per heavy atom. The molecule has 1 aromatic carbocycles. The normalized spacial score (nSPS) is 15.5. The summed E-state index contributed by atoms with van der Waals surface area (Å²) in [6, 6.07) is 5.10. The predicted octanol–water partition coefficient (Wildman–Crippen LogP) is 2.64. The van der Waals surface area contributed by atoms with E-state index in [-0.39, 0.29) is 0 Å². The lowest BCUT2D eigenvalue weighted by molar-refractivity contribution is 0.881. The number of nitrogens with one attached hydrogen (secondary N) is 4. The third kappa shape index (κ3) is 2.16. The molecule has 1 aliphatic rings. The van der Waals surface area contributed by atoms with Crippen LogP contribution in [-0.4, -0.2) is 20.2 Å². The summed E-state index contributed by atoms with van der Waals surface area (Å²) in [6.45, 7) is 1.86. The van der Waals surface area contributed by atoms with Crippen LogP contribution in [0, 0.1) is 6.92 Å². The van der Waals surface area contributed by atoms with Crippen molar-refractivity contribution in [3.05, 3.63) is 71.5 Å². The summed E-state index contributed by atoms with van der Waals surface area (Å²) in [5, 5.41) is 11.0. The lowest BCUT2D eigenvalue weighted by atomic mass is 9.83. The molecule has 2 aromatic heterocycles. The van der Waals surface area contributed by atoms with E-state index in [1.54, 1.807) is 18.2 Å². The van der Waals surface area contributed by atoms with Crippen LogP contribution < -0.4 is 16.6 Å². The Bertz CT molecular complexity index is 1080. The van der Waals surface area contributed by atoms with Crippen molar-refractivity contribution in [3.8, 4) is 0 Å². The van der Waals surface area contributed by atoms with E-state index < -0.39 is 17.2 Å². The molecule has 0 saturated heterocycles. The van der Waals surface area contributed by atoms with E-state index in [1.807, 2.05) is 6.92 Å². The van der Waals surface area contributed by atoms with Gasteiger partial charge in [-0.1, -0.05) is 29.3 Å². The summed E-state index contributed by atoms with van der Waals surface area (Å²) in [5.74, 6) is 0.358. The molecule has 3 aromatic rings. The summed E-state index contributed by atoms with van der Waals surface area (Å²) < 4.78 is 0. The summed E-state index contributed by atoms with van der Waals surface area (Å²) in [7, 11) is 0. The van der Waals surface area contributed by atoms with Crippen molar-refractivity contribution < 1.29 is 0 Å². The van der Waals surface area contributed by atoms with Gasteiger partial charge in [0.05, 0.1) is 11.5 Å². The van der Waals surface area contributed by atoms with Crippen LogP contribution in [0.2, 0.25) is 10.0 Å². The molecule has 0 fully saturated rings. The third-order valence-electron chi connectivity index (χ3n) is 4.07. The second-order valence-corrected chi connectivity index (χ2v) is 6.38. The molecule has 1 aliphatic heterocycles. The van der Waals surface area contributed by atoms with E-state index in [9.17, 15) is 9.59 Å². The molecular formula is C15H11Cl2N5O2. The van der Waals surface area contributed by atoms with Gasteiger partial charge in [-0.05, 0) is 24.6 Å². The van der Waals surface area contributed by atoms with Crippen molar-refractivity contribution in [2.75, 3.05) is 5.32 Å². The fourth-order valence-electron chi connectivity index (χ4n) is 3.07. The second-order valence-electron chi connectivity index (χ2n) is 5.53. The first kappa shape index (κ1) is 15.0. The van der Waals surface area contributed by atoms with E-state index in [2.05, 4.69) is 25.5 Å². The number of aryl methyl sites for hydroxylation is 1. The molecule has 0 spiro atoms. The first-order valence-electron chi connectivity index (χ1n) is 7.09. The second kappa shape index (κ2) is 5.25. The van der Waals surface area contributed by atoms with Crippen LogP contribution in [0.3, 0.4) is 0 Å². The molecular weight excluding hydrogens is 353 g/mol. The van der Waals surface area contributed by atoms with Crippen LogP contribution in [0.15, 0.2) is 27.8 Å². The highest BCUT2D eigenvalue weighted by atomic mass is 35.5. The van der Waals surface area contributed by atoms with Gasteiger partial charge in [0, 0.05) is 21.3 Å². The lowest BCUT2D eigenvalue weighted by Gasteiger charge is -2.26. The fourth-order valence-corrected chi connectivity index (χ4v) is 3.58. The standard InChI is InChI=1S/C15H11Cl2N5O2/c1-5-9-10(7-3-2-6(16)4-8(7)17)11-12(18-13(9)22-21-5)19-15(24)20-14(11)23/h2-4,10H,1H3,(H4,18,19,20,21,22,23,24)/t10-/m1/s1. The first-order valence-corrected chi connectivity index (χ1v) is 7.84. The van der Waals surface area contributed by atoms with Gasteiger partial charge in [-0.3, -0.25) is 19.9 Å². The molecule has 0 aliphatic carbocycles. The SMILES string of the molecule is Cc1[nH]nc2c1[C@@H](c1ccc(Cl)cc1Cl)c1c([nH]c(=O)[nH]c1=O)N2. The first-order chi connectivity index (χ1) is 11.5. The number of hydrogen-bond donors (Lipinski definition) is 4. The minimum Gasteiger partial charge on any atom is -0.324 e. The highest BCUT2D eigenvalue weighted by Crippen LogP contribution is 2.44. The third-order valence-corrected chi connectivity index (χ3v) is 4.63. The molecule has 1 atom stereocenters. The Kier molecular flexibility index (Phi) is 3.29. The quantitative estimate of drug-likeness (QED) is 0.417. The van der Waals surface area contributed by atoms with Crippen LogP contribution in [0.25, 0.3) is 0 Å². The predicted molar refractivity (Wildman–Crippen MR) is 91.7 cm³/mol. The Morgan fingerprint density at radius 2 is 1.92 bits per heavy atom. The number of halogens is 2. The minimum atomic E-state index is -0.595. The molecule has 4 N–H and O–H groups in total. The Balaban J connectivity index is 2.08. The molecule has 9 heteroatoms. The van der Waals surface area contributed by atoms with Crippen molar-refractivity contribution in [3.63, 3.8) is 0 Å². The average Bonchev–Trinajstić information content (AvgIpc) is 2.86. The average molecular weight is 364 g/mol. The Morgan fingerprint density at radius 3 is 2.67 bits per heavy atom. The van der Waals surface area contributed by atoms with Gasteiger partial charge >= 0.3 is 5.69 Å². The number of rotatable bonds is 1. The van der Waals surface area contributed by atoms with E-state index in [0.29, 0.717) is 32.8 Å². The van der Waals surface area contributed by atoms with Crippen molar-refractivity contribution in [2.24, 2.45) is 0 Å². The molecule has 0 amide bonds. The molecule has 0 radical (unpaired) electrons. The number of fused-ring (bicyclic) bond motifs is 2. The van der Waals surface area contributed by atoms with Gasteiger partial charge in [-0.15, -0.1) is 0 Å². The van der Waals surface area contributed by atoms with Gasteiger partial charge in [-0.2, -0.15) is 5.10 Å². The van der Waals surface area contributed by atoms with Gasteiger partial charge < -0.3 is 5.32 Å². The van der Waals surface area contributed by atoms with Crippen LogP contribution in [0.4, 0.5) is 11.6 Å². The molecule has 0 saturated carbocycles. The zero-order valence-electron chi connectivity index (χ0n) is 12.3. The summed E-state index contributed by atoms with van der Waals surface area (Å²) >= 11 is 12.4. The molecule has 0 bridgehead atoms. The maximum Gasteiger partial charge on any atom is 0.327 e. The maximum absolute atomic E-state index is 12.5. The van der Waals surface area contributed by atoms with E-state index >= 15 is 0 Å². The van der Waals surface area contributed by atoms with Crippen molar-refractivity contribution in [2.45, 2.75) is 12.8 Å². The summed E-state index contributed by atoms with van der Waals surface area (Å²) in [5.41, 5.74) is 1.59. The highest BCUT2D eigenvalue weighted by Gasteiger charge is 2.34. The van der Waals surface area contributed by atoms with Gasteiger partial charge in [-0.25, -0.2) is 4.79 Å². The van der Waals surface area contributed by atoms with Gasteiger partial charge in [0.15, 0.2) is 5.82 Å². The van der Waals surface area contributed by atoms with Gasteiger partial charge in [0.1, 0.15) is 5.82 Å². The zero-order valence-corrected chi connectivity index (χ0v) is 13.8. The highest BCUT2D eigenvalue weighted by molar-refractivity contribution is 6.35. The molecule has 3 heterocycles. The fraction of sp³-hybridized carbons (Fsp3) is 0.133. The minimum absolute atomic E-state index is 0.304. The number of aromatic amines is 3. The number of anilines is 2. The Hall–Kier alpha value is -2.51. The molecule has 0 unspecified atom stereocenters.